The number of para-hydroxylation sites is 1. The van der Waals surface area contributed by atoms with Crippen LogP contribution in [0.1, 0.15) is 25.0 Å². The molecule has 1 amide bonds. The number of carbonyl (C=O) groups is 1. The third-order valence-corrected chi connectivity index (χ3v) is 3.74. The highest BCUT2D eigenvalue weighted by Crippen LogP contribution is 2.27. The van der Waals surface area contributed by atoms with Gasteiger partial charge in [-0.05, 0) is 50.1 Å². The van der Waals surface area contributed by atoms with Gasteiger partial charge >= 0.3 is 0 Å². The molecule has 2 aromatic rings. The van der Waals surface area contributed by atoms with Crippen LogP contribution in [0.3, 0.4) is 0 Å². The lowest BCUT2D eigenvalue weighted by molar-refractivity contribution is -0.120. The Hall–Kier alpha value is -1.80. The quantitative estimate of drug-likeness (QED) is 0.880. The normalized spacial score (nSPS) is 11.2. The molecule has 3 heteroatoms. The van der Waals surface area contributed by atoms with Crippen LogP contribution in [0.2, 0.25) is 5.02 Å². The number of anilines is 1. The molecule has 0 aliphatic rings. The standard InChI is InChI=1S/C17H18ClNO/c1-12-7-4-5-10-15(12)19-16(20)17(2,3)13-8-6-9-14(18)11-13/h4-11H,1-3H3,(H,19,20). The molecule has 0 bridgehead atoms. The van der Waals surface area contributed by atoms with Gasteiger partial charge in [0.1, 0.15) is 0 Å². The second-order valence-electron chi connectivity index (χ2n) is 5.40. The molecule has 0 aromatic heterocycles. The highest BCUT2D eigenvalue weighted by molar-refractivity contribution is 6.30. The number of rotatable bonds is 3. The van der Waals surface area contributed by atoms with Crippen molar-refractivity contribution in [3.05, 3.63) is 64.7 Å². The van der Waals surface area contributed by atoms with Crippen molar-refractivity contribution in [3.8, 4) is 0 Å². The summed E-state index contributed by atoms with van der Waals surface area (Å²) in [7, 11) is 0. The molecule has 20 heavy (non-hydrogen) atoms. The van der Waals surface area contributed by atoms with Crippen molar-refractivity contribution in [2.24, 2.45) is 0 Å². The van der Waals surface area contributed by atoms with Crippen molar-refractivity contribution < 1.29 is 4.79 Å². The van der Waals surface area contributed by atoms with Gasteiger partial charge in [-0.2, -0.15) is 0 Å². The van der Waals surface area contributed by atoms with Crippen LogP contribution < -0.4 is 5.32 Å². The van der Waals surface area contributed by atoms with E-state index in [1.807, 2.05) is 63.2 Å². The predicted molar refractivity (Wildman–Crippen MR) is 84.3 cm³/mol. The van der Waals surface area contributed by atoms with Crippen LogP contribution in [0, 0.1) is 6.92 Å². The van der Waals surface area contributed by atoms with E-state index in [2.05, 4.69) is 5.32 Å². The number of hydrogen-bond acceptors (Lipinski definition) is 1. The van der Waals surface area contributed by atoms with Crippen LogP contribution in [-0.4, -0.2) is 5.91 Å². The lowest BCUT2D eigenvalue weighted by Gasteiger charge is -2.25. The van der Waals surface area contributed by atoms with Crippen LogP contribution in [0.15, 0.2) is 48.5 Å². The fraction of sp³-hybridized carbons (Fsp3) is 0.235. The number of carbonyl (C=O) groups excluding carboxylic acids is 1. The van der Waals surface area contributed by atoms with Crippen molar-refractivity contribution in [3.63, 3.8) is 0 Å². The lowest BCUT2D eigenvalue weighted by atomic mass is 9.83. The van der Waals surface area contributed by atoms with E-state index in [-0.39, 0.29) is 5.91 Å². The van der Waals surface area contributed by atoms with Crippen molar-refractivity contribution >= 4 is 23.2 Å². The predicted octanol–water partition coefficient (Wildman–Crippen LogP) is 4.56. The van der Waals surface area contributed by atoms with Gasteiger partial charge in [0.05, 0.1) is 5.41 Å². The molecule has 0 heterocycles. The van der Waals surface area contributed by atoms with Crippen molar-refractivity contribution in [2.45, 2.75) is 26.2 Å². The zero-order valence-electron chi connectivity index (χ0n) is 11.9. The molecule has 0 radical (unpaired) electrons. The van der Waals surface area contributed by atoms with E-state index in [9.17, 15) is 4.79 Å². The average molecular weight is 288 g/mol. The zero-order chi connectivity index (χ0) is 14.8. The maximum Gasteiger partial charge on any atom is 0.234 e. The Bertz CT molecular complexity index is 634. The summed E-state index contributed by atoms with van der Waals surface area (Å²) in [6.07, 6.45) is 0. The van der Waals surface area contributed by atoms with E-state index in [0.717, 1.165) is 16.8 Å². The lowest BCUT2D eigenvalue weighted by Crippen LogP contribution is -2.34. The molecule has 0 fully saturated rings. The van der Waals surface area contributed by atoms with Crippen LogP contribution in [0.25, 0.3) is 0 Å². The second kappa shape index (κ2) is 5.68. The molecular formula is C17H18ClNO. The summed E-state index contributed by atoms with van der Waals surface area (Å²) in [5, 5.41) is 3.62. The molecule has 0 saturated carbocycles. The maximum absolute atomic E-state index is 12.5. The van der Waals surface area contributed by atoms with Gasteiger partial charge in [0.15, 0.2) is 0 Å². The molecule has 0 aliphatic heterocycles. The third kappa shape index (κ3) is 3.02. The maximum atomic E-state index is 12.5. The number of hydrogen-bond donors (Lipinski definition) is 1. The number of aryl methyl sites for hydroxylation is 1. The van der Waals surface area contributed by atoms with Crippen molar-refractivity contribution in [1.82, 2.24) is 0 Å². The van der Waals surface area contributed by atoms with Gasteiger partial charge in [-0.15, -0.1) is 0 Å². The number of halogens is 1. The molecule has 0 aliphatic carbocycles. The van der Waals surface area contributed by atoms with E-state index >= 15 is 0 Å². The Morgan fingerprint density at radius 1 is 1.10 bits per heavy atom. The first-order valence-corrected chi connectivity index (χ1v) is 6.92. The van der Waals surface area contributed by atoms with E-state index in [1.165, 1.54) is 0 Å². The van der Waals surface area contributed by atoms with Crippen LogP contribution in [0.5, 0.6) is 0 Å². The number of amides is 1. The summed E-state index contributed by atoms with van der Waals surface area (Å²) >= 11 is 6.01. The van der Waals surface area contributed by atoms with E-state index in [0.29, 0.717) is 5.02 Å². The van der Waals surface area contributed by atoms with Gasteiger partial charge in [0.2, 0.25) is 5.91 Å². The smallest absolute Gasteiger partial charge is 0.234 e. The molecule has 0 unspecified atom stereocenters. The monoisotopic (exact) mass is 287 g/mol. The molecule has 2 nitrogen and oxygen atoms in total. The number of nitrogens with one attached hydrogen (secondary N) is 1. The summed E-state index contributed by atoms with van der Waals surface area (Å²) in [4.78, 5) is 12.5. The van der Waals surface area contributed by atoms with Gasteiger partial charge in [0, 0.05) is 10.7 Å². The minimum atomic E-state index is -0.646. The molecule has 2 aromatic carbocycles. The largest absolute Gasteiger partial charge is 0.325 e. The first-order chi connectivity index (χ1) is 9.41. The summed E-state index contributed by atoms with van der Waals surface area (Å²) < 4.78 is 0. The summed E-state index contributed by atoms with van der Waals surface area (Å²) in [6, 6.07) is 15.2. The van der Waals surface area contributed by atoms with Crippen LogP contribution in [-0.2, 0) is 10.2 Å². The van der Waals surface area contributed by atoms with E-state index in [4.69, 9.17) is 11.6 Å². The molecule has 0 spiro atoms. The minimum absolute atomic E-state index is 0.0472. The fourth-order valence-electron chi connectivity index (χ4n) is 2.00. The topological polar surface area (TPSA) is 29.1 Å². The van der Waals surface area contributed by atoms with Gasteiger partial charge in [-0.1, -0.05) is 41.9 Å². The average Bonchev–Trinajstić information content (AvgIpc) is 2.41. The van der Waals surface area contributed by atoms with E-state index < -0.39 is 5.41 Å². The van der Waals surface area contributed by atoms with Gasteiger partial charge < -0.3 is 5.32 Å². The van der Waals surface area contributed by atoms with Crippen molar-refractivity contribution in [2.75, 3.05) is 5.32 Å². The molecule has 0 atom stereocenters. The highest BCUT2D eigenvalue weighted by Gasteiger charge is 2.30. The summed E-state index contributed by atoms with van der Waals surface area (Å²) in [5.74, 6) is -0.0472. The number of benzene rings is 2. The Balaban J connectivity index is 2.26. The first-order valence-electron chi connectivity index (χ1n) is 6.54. The molecular weight excluding hydrogens is 270 g/mol. The fourth-order valence-corrected chi connectivity index (χ4v) is 2.19. The SMILES string of the molecule is Cc1ccccc1NC(=O)C(C)(C)c1cccc(Cl)c1. The first kappa shape index (κ1) is 14.6. The molecule has 2 rings (SSSR count). The molecule has 1 N–H and O–H groups in total. The second-order valence-corrected chi connectivity index (χ2v) is 5.84. The Kier molecular flexibility index (Phi) is 4.15. The third-order valence-electron chi connectivity index (χ3n) is 3.51. The van der Waals surface area contributed by atoms with Gasteiger partial charge in [0.25, 0.3) is 0 Å². The Morgan fingerprint density at radius 3 is 2.45 bits per heavy atom. The zero-order valence-corrected chi connectivity index (χ0v) is 12.7. The Labute approximate surface area is 124 Å². The molecule has 104 valence electrons. The van der Waals surface area contributed by atoms with Gasteiger partial charge in [-0.25, -0.2) is 0 Å². The summed E-state index contributed by atoms with van der Waals surface area (Å²) in [5.41, 5.74) is 2.14. The van der Waals surface area contributed by atoms with Crippen LogP contribution in [0.4, 0.5) is 5.69 Å². The highest BCUT2D eigenvalue weighted by atomic mass is 35.5. The van der Waals surface area contributed by atoms with E-state index in [1.54, 1.807) is 6.07 Å². The minimum Gasteiger partial charge on any atom is -0.325 e. The van der Waals surface area contributed by atoms with Gasteiger partial charge in [-0.3, -0.25) is 4.79 Å². The van der Waals surface area contributed by atoms with Crippen LogP contribution >= 0.6 is 11.6 Å². The summed E-state index contributed by atoms with van der Waals surface area (Å²) in [6.45, 7) is 5.76. The molecule has 0 saturated heterocycles. The van der Waals surface area contributed by atoms with Crippen molar-refractivity contribution in [1.29, 1.82) is 0 Å². The Morgan fingerprint density at radius 2 is 1.80 bits per heavy atom.